The first-order valence-electron chi connectivity index (χ1n) is 11.2. The van der Waals surface area contributed by atoms with Crippen molar-refractivity contribution in [3.05, 3.63) is 89.5 Å². The lowest BCUT2D eigenvalue weighted by Crippen LogP contribution is -2.37. The molecule has 0 aliphatic rings. The van der Waals surface area contributed by atoms with E-state index in [1.54, 1.807) is 72.8 Å². The molecule has 0 atom stereocenters. The fourth-order valence-electron chi connectivity index (χ4n) is 3.28. The lowest BCUT2D eigenvalue weighted by Gasteiger charge is -2.22. The Kier molecular flexibility index (Phi) is 10.2. The van der Waals surface area contributed by atoms with Gasteiger partial charge in [-0.15, -0.1) is 0 Å². The van der Waals surface area contributed by atoms with Crippen molar-refractivity contribution in [2.75, 3.05) is 26.3 Å². The smallest absolute Gasteiger partial charge is 0.243 e. The van der Waals surface area contributed by atoms with E-state index < -0.39 is 10.0 Å². The quantitative estimate of drug-likeness (QED) is 0.254. The number of benzene rings is 3. The van der Waals surface area contributed by atoms with E-state index >= 15 is 0 Å². The molecule has 0 aliphatic heterocycles. The fraction of sp³-hybridized carbons (Fsp3) is 0.200. The van der Waals surface area contributed by atoms with Crippen molar-refractivity contribution in [3.8, 4) is 11.5 Å². The van der Waals surface area contributed by atoms with Crippen LogP contribution in [0, 0.1) is 6.92 Å². The van der Waals surface area contributed by atoms with Crippen LogP contribution < -0.4 is 20.9 Å². The summed E-state index contributed by atoms with van der Waals surface area (Å²) in [4.78, 5) is 0.193. The van der Waals surface area contributed by atoms with E-state index in [1.165, 1.54) is 4.31 Å². The van der Waals surface area contributed by atoms with Gasteiger partial charge in [-0.3, -0.25) is 0 Å². The summed E-state index contributed by atoms with van der Waals surface area (Å²) in [6.45, 7) is 2.35. The van der Waals surface area contributed by atoms with Crippen molar-refractivity contribution < 1.29 is 17.9 Å². The van der Waals surface area contributed by atoms with Gasteiger partial charge in [0.2, 0.25) is 10.0 Å². The lowest BCUT2D eigenvalue weighted by molar-refractivity contribution is 0.237. The molecule has 9 nitrogen and oxygen atoms in total. The van der Waals surface area contributed by atoms with Crippen LogP contribution in [-0.4, -0.2) is 50.7 Å². The van der Waals surface area contributed by atoms with E-state index in [1.807, 2.05) is 6.92 Å². The van der Waals surface area contributed by atoms with Gasteiger partial charge in [0.1, 0.15) is 36.4 Å². The van der Waals surface area contributed by atoms with Crippen LogP contribution in [-0.2, 0) is 10.0 Å². The number of amidine groups is 2. The number of sulfonamides is 1. The van der Waals surface area contributed by atoms with Crippen LogP contribution in [0.2, 0.25) is 0 Å². The Bertz CT molecular complexity index is 1260. The first-order chi connectivity index (χ1) is 17.7. The van der Waals surface area contributed by atoms with Crippen LogP contribution in [0.15, 0.2) is 86.7 Å². The predicted octanol–water partition coefficient (Wildman–Crippen LogP) is 3.86. The van der Waals surface area contributed by atoms with Gasteiger partial charge >= 0.3 is 0 Å². The van der Waals surface area contributed by atoms with Crippen molar-refractivity contribution in [3.63, 3.8) is 0 Å². The van der Waals surface area contributed by atoms with Gasteiger partial charge in [0.05, 0.1) is 4.90 Å². The number of halogens is 2. The van der Waals surface area contributed by atoms with Crippen molar-refractivity contribution in [2.24, 2.45) is 20.5 Å². The Balaban J connectivity index is 1.67. The van der Waals surface area contributed by atoms with Crippen LogP contribution >= 0.6 is 23.6 Å². The van der Waals surface area contributed by atoms with E-state index in [4.69, 9.17) is 44.5 Å². The van der Waals surface area contributed by atoms with E-state index in [0.29, 0.717) is 22.6 Å². The zero-order valence-electron chi connectivity index (χ0n) is 20.1. The summed E-state index contributed by atoms with van der Waals surface area (Å²) < 4.78 is 46.5. The number of ether oxygens (including phenoxy) is 2. The Morgan fingerprint density at radius 2 is 1.16 bits per heavy atom. The maximum Gasteiger partial charge on any atom is 0.243 e. The van der Waals surface area contributed by atoms with Crippen LogP contribution in [0.25, 0.3) is 0 Å². The highest BCUT2D eigenvalue weighted by Crippen LogP contribution is 2.18. The van der Waals surface area contributed by atoms with Gasteiger partial charge in [0.15, 0.2) is 0 Å². The van der Waals surface area contributed by atoms with Crippen molar-refractivity contribution in [1.82, 2.24) is 4.31 Å². The number of nitrogens with two attached hydrogens (primary N) is 2. The molecule has 0 saturated heterocycles. The lowest BCUT2D eigenvalue weighted by atomic mass is 10.2. The molecule has 0 unspecified atom stereocenters. The van der Waals surface area contributed by atoms with Gasteiger partial charge in [-0.05, 0) is 67.6 Å². The van der Waals surface area contributed by atoms with Crippen molar-refractivity contribution in [2.45, 2.75) is 11.8 Å². The van der Waals surface area contributed by atoms with E-state index in [2.05, 4.69) is 9.02 Å². The first-order valence-corrected chi connectivity index (χ1v) is 13.3. The second-order valence-electron chi connectivity index (χ2n) is 7.90. The first kappa shape index (κ1) is 28.3. The number of rotatable bonds is 12. The topological polar surface area (TPSA) is 133 Å². The van der Waals surface area contributed by atoms with Crippen LogP contribution in [0.4, 0.5) is 0 Å². The van der Waals surface area contributed by atoms with Crippen LogP contribution in [0.3, 0.4) is 0 Å². The Morgan fingerprint density at radius 3 is 1.54 bits per heavy atom. The molecule has 0 radical (unpaired) electrons. The molecular formula is C25H27Cl2N5O4S. The molecule has 37 heavy (non-hydrogen) atoms. The molecule has 4 N–H and O–H groups in total. The van der Waals surface area contributed by atoms with Gasteiger partial charge in [0, 0.05) is 47.8 Å². The Hall–Kier alpha value is -3.31. The number of aryl methyl sites for hydroxylation is 1. The standard InChI is InChI=1S/C25H27Cl2N5O4S/c1-18-2-12-23(13-3-18)37(33,34)32(14-16-35-21-8-4-19(5-9-21)24(28)30-26)15-17-36-22-10-6-20(7-11-22)25(29)31-27/h2-13H,14-17H2,1H3,(H2,28,30)(H2,29,31). The van der Waals surface area contributed by atoms with Gasteiger partial charge in [-0.25, -0.2) is 8.42 Å². The maximum atomic E-state index is 13.4. The molecule has 0 spiro atoms. The second kappa shape index (κ2) is 13.3. The summed E-state index contributed by atoms with van der Waals surface area (Å²) in [6, 6.07) is 20.4. The molecular weight excluding hydrogens is 537 g/mol. The zero-order chi connectivity index (χ0) is 26.8. The Labute approximate surface area is 226 Å². The molecule has 0 amide bonds. The number of hydrogen-bond acceptors (Lipinski definition) is 6. The zero-order valence-corrected chi connectivity index (χ0v) is 22.4. The summed E-state index contributed by atoms with van der Waals surface area (Å²) in [5, 5.41) is 0. The third-order valence-electron chi connectivity index (χ3n) is 5.36. The summed E-state index contributed by atoms with van der Waals surface area (Å²) in [6.07, 6.45) is 0. The molecule has 0 aromatic heterocycles. The average Bonchev–Trinajstić information content (AvgIpc) is 2.92. The van der Waals surface area contributed by atoms with Crippen LogP contribution in [0.1, 0.15) is 16.7 Å². The summed E-state index contributed by atoms with van der Waals surface area (Å²) in [7, 11) is -3.79. The molecule has 196 valence electrons. The molecule has 0 saturated carbocycles. The second-order valence-corrected chi connectivity index (χ2v) is 10.2. The third-order valence-corrected chi connectivity index (χ3v) is 7.64. The molecule has 0 fully saturated rings. The fourth-order valence-corrected chi connectivity index (χ4v) is 4.89. The molecule has 3 aromatic carbocycles. The SMILES string of the molecule is Cc1ccc(S(=O)(=O)N(CCOc2ccc(/C(N)=N/Cl)cc2)CCOc2ccc(/C(N)=N\Cl)cc2)cc1. The van der Waals surface area contributed by atoms with Gasteiger partial charge in [-0.2, -0.15) is 13.3 Å². The highest BCUT2D eigenvalue weighted by atomic mass is 35.5. The summed E-state index contributed by atoms with van der Waals surface area (Å²) in [5.74, 6) is 1.48. The average molecular weight is 564 g/mol. The van der Waals surface area contributed by atoms with E-state index in [-0.39, 0.29) is 42.9 Å². The molecule has 3 aromatic rings. The van der Waals surface area contributed by atoms with Gasteiger partial charge in [-0.1, -0.05) is 17.7 Å². The molecule has 3 rings (SSSR count). The maximum absolute atomic E-state index is 13.4. The minimum absolute atomic E-state index is 0.105. The summed E-state index contributed by atoms with van der Waals surface area (Å²) in [5.41, 5.74) is 13.6. The number of hydrogen-bond donors (Lipinski definition) is 2. The Morgan fingerprint density at radius 1 is 0.757 bits per heavy atom. The van der Waals surface area contributed by atoms with Crippen LogP contribution in [0.5, 0.6) is 11.5 Å². The van der Waals surface area contributed by atoms with E-state index in [0.717, 1.165) is 5.56 Å². The van der Waals surface area contributed by atoms with Gasteiger partial charge in [0.25, 0.3) is 0 Å². The normalized spacial score (nSPS) is 12.5. The molecule has 0 heterocycles. The highest BCUT2D eigenvalue weighted by molar-refractivity contribution is 7.89. The minimum Gasteiger partial charge on any atom is -0.492 e. The predicted molar refractivity (Wildman–Crippen MR) is 147 cm³/mol. The molecule has 0 aliphatic carbocycles. The van der Waals surface area contributed by atoms with Crippen molar-refractivity contribution in [1.29, 1.82) is 0 Å². The summed E-state index contributed by atoms with van der Waals surface area (Å²) >= 11 is 10.8. The van der Waals surface area contributed by atoms with E-state index in [9.17, 15) is 8.42 Å². The minimum atomic E-state index is -3.79. The highest BCUT2D eigenvalue weighted by Gasteiger charge is 2.24. The monoisotopic (exact) mass is 563 g/mol. The molecule has 0 bridgehead atoms. The third kappa shape index (κ3) is 7.83. The molecule has 12 heteroatoms. The van der Waals surface area contributed by atoms with Gasteiger partial charge < -0.3 is 20.9 Å². The van der Waals surface area contributed by atoms with Crippen molar-refractivity contribution >= 4 is 45.2 Å². The number of nitrogens with zero attached hydrogens (tertiary/aromatic N) is 3. The largest absolute Gasteiger partial charge is 0.492 e.